The Morgan fingerprint density at radius 2 is 1.50 bits per heavy atom. The van der Waals surface area contributed by atoms with E-state index in [9.17, 15) is 4.79 Å². The molecule has 32 heavy (non-hydrogen) atoms. The van der Waals surface area contributed by atoms with Gasteiger partial charge < -0.3 is 15.2 Å². The van der Waals surface area contributed by atoms with E-state index >= 15 is 0 Å². The van der Waals surface area contributed by atoms with Crippen LogP contribution < -0.4 is 5.32 Å². The summed E-state index contributed by atoms with van der Waals surface area (Å²) in [7, 11) is 2.27. The molecule has 1 amide bonds. The Morgan fingerprint density at radius 3 is 2.16 bits per heavy atom. The second kappa shape index (κ2) is 16.1. The van der Waals surface area contributed by atoms with E-state index in [0.717, 1.165) is 23.9 Å². The van der Waals surface area contributed by atoms with Crippen molar-refractivity contribution in [2.75, 3.05) is 26.7 Å². The van der Waals surface area contributed by atoms with Gasteiger partial charge in [0.1, 0.15) is 0 Å². The molecule has 1 heterocycles. The Kier molecular flexibility index (Phi) is 13.5. The standard InChI is InChI=1S/C27H44ClN3O/c1-3-4-5-6-8-11-14-19-31(2)20-15-12-9-7-10-13-18-29-27(32)25-22-30-26-21-23(28)16-17-24(25)26/h16-17,21-22,30H,3-15,18-20H2,1-2H3,(H,29,32). The van der Waals surface area contributed by atoms with Crippen molar-refractivity contribution in [2.24, 2.45) is 0 Å². The number of amides is 1. The maximum Gasteiger partial charge on any atom is 0.253 e. The number of H-pyrrole nitrogens is 1. The molecule has 2 aromatic rings. The summed E-state index contributed by atoms with van der Waals surface area (Å²) in [5.74, 6) is -0.0115. The van der Waals surface area contributed by atoms with Crippen LogP contribution in [0.15, 0.2) is 24.4 Å². The first-order valence-electron chi connectivity index (χ1n) is 12.8. The van der Waals surface area contributed by atoms with Gasteiger partial charge in [0, 0.05) is 28.7 Å². The molecule has 0 bridgehead atoms. The van der Waals surface area contributed by atoms with E-state index in [1.807, 2.05) is 18.2 Å². The second-order valence-corrected chi connectivity index (χ2v) is 9.63. The fraction of sp³-hybridized carbons (Fsp3) is 0.667. The molecule has 5 heteroatoms. The molecule has 2 rings (SSSR count). The van der Waals surface area contributed by atoms with Crippen molar-refractivity contribution in [2.45, 2.75) is 90.4 Å². The minimum Gasteiger partial charge on any atom is -0.360 e. The van der Waals surface area contributed by atoms with Gasteiger partial charge >= 0.3 is 0 Å². The minimum atomic E-state index is -0.0115. The number of carbonyl (C=O) groups excluding carboxylic acids is 1. The van der Waals surface area contributed by atoms with Crippen LogP contribution in [0.2, 0.25) is 5.02 Å². The van der Waals surface area contributed by atoms with E-state index in [-0.39, 0.29) is 5.91 Å². The highest BCUT2D eigenvalue weighted by Crippen LogP contribution is 2.22. The third kappa shape index (κ3) is 10.4. The number of rotatable bonds is 18. The van der Waals surface area contributed by atoms with Crippen molar-refractivity contribution in [3.8, 4) is 0 Å². The third-order valence-electron chi connectivity index (χ3n) is 6.28. The summed E-state index contributed by atoms with van der Waals surface area (Å²) in [6.07, 6.45) is 18.8. The number of aromatic amines is 1. The van der Waals surface area contributed by atoms with Crippen LogP contribution in [-0.4, -0.2) is 42.5 Å². The van der Waals surface area contributed by atoms with Crippen LogP contribution in [0.25, 0.3) is 10.9 Å². The lowest BCUT2D eigenvalue weighted by atomic mass is 10.1. The summed E-state index contributed by atoms with van der Waals surface area (Å²) in [6.45, 7) is 5.48. The van der Waals surface area contributed by atoms with Crippen molar-refractivity contribution in [1.29, 1.82) is 0 Å². The van der Waals surface area contributed by atoms with E-state index in [2.05, 4.69) is 29.2 Å². The smallest absolute Gasteiger partial charge is 0.253 e. The van der Waals surface area contributed by atoms with Crippen LogP contribution in [0, 0.1) is 0 Å². The average molecular weight is 462 g/mol. The predicted octanol–water partition coefficient (Wildman–Crippen LogP) is 7.57. The topological polar surface area (TPSA) is 48.1 Å². The maximum atomic E-state index is 12.4. The van der Waals surface area contributed by atoms with Crippen LogP contribution in [0.1, 0.15) is 101 Å². The van der Waals surface area contributed by atoms with Crippen LogP contribution in [-0.2, 0) is 0 Å². The van der Waals surface area contributed by atoms with E-state index in [1.165, 1.54) is 90.1 Å². The molecule has 0 aliphatic carbocycles. The highest BCUT2D eigenvalue weighted by molar-refractivity contribution is 6.31. The lowest BCUT2D eigenvalue weighted by molar-refractivity contribution is 0.0954. The van der Waals surface area contributed by atoms with Gasteiger partial charge in [-0.15, -0.1) is 0 Å². The van der Waals surface area contributed by atoms with Gasteiger partial charge in [0.05, 0.1) is 5.56 Å². The van der Waals surface area contributed by atoms with E-state index in [0.29, 0.717) is 10.6 Å². The molecule has 1 aromatic carbocycles. The number of nitrogens with zero attached hydrogens (tertiary/aromatic N) is 1. The number of hydrogen-bond donors (Lipinski definition) is 2. The van der Waals surface area contributed by atoms with Gasteiger partial charge in [-0.2, -0.15) is 0 Å². The number of aromatic nitrogens is 1. The zero-order chi connectivity index (χ0) is 23.0. The molecule has 0 spiro atoms. The highest BCUT2D eigenvalue weighted by atomic mass is 35.5. The average Bonchev–Trinajstić information content (AvgIpc) is 3.20. The molecule has 0 unspecified atom stereocenters. The van der Waals surface area contributed by atoms with Crippen LogP contribution in [0.3, 0.4) is 0 Å². The van der Waals surface area contributed by atoms with Gasteiger partial charge in [0.15, 0.2) is 0 Å². The molecule has 1 aromatic heterocycles. The molecule has 0 fully saturated rings. The van der Waals surface area contributed by atoms with Crippen LogP contribution in [0.4, 0.5) is 0 Å². The molecular weight excluding hydrogens is 418 g/mol. The summed E-state index contributed by atoms with van der Waals surface area (Å²) in [4.78, 5) is 18.0. The Balaban J connectivity index is 1.42. The zero-order valence-electron chi connectivity index (χ0n) is 20.4. The van der Waals surface area contributed by atoms with Gasteiger partial charge in [-0.05, 0) is 51.5 Å². The van der Waals surface area contributed by atoms with Gasteiger partial charge in [-0.1, -0.05) is 88.8 Å². The fourth-order valence-electron chi connectivity index (χ4n) is 4.25. The lowest BCUT2D eigenvalue weighted by Gasteiger charge is -2.16. The fourth-order valence-corrected chi connectivity index (χ4v) is 4.42. The Hall–Kier alpha value is -1.52. The van der Waals surface area contributed by atoms with Crippen molar-refractivity contribution in [1.82, 2.24) is 15.2 Å². The number of unbranched alkanes of at least 4 members (excludes halogenated alkanes) is 11. The Labute approximate surface area is 200 Å². The number of benzene rings is 1. The van der Waals surface area contributed by atoms with Gasteiger partial charge in [-0.25, -0.2) is 0 Å². The number of hydrogen-bond acceptors (Lipinski definition) is 2. The molecule has 2 N–H and O–H groups in total. The number of fused-ring (bicyclic) bond motifs is 1. The molecule has 0 radical (unpaired) electrons. The summed E-state index contributed by atoms with van der Waals surface area (Å²) in [5, 5.41) is 4.64. The quantitative estimate of drug-likeness (QED) is 0.225. The molecule has 180 valence electrons. The van der Waals surface area contributed by atoms with E-state index in [4.69, 9.17) is 11.6 Å². The van der Waals surface area contributed by atoms with Crippen molar-refractivity contribution in [3.05, 3.63) is 35.0 Å². The van der Waals surface area contributed by atoms with E-state index < -0.39 is 0 Å². The highest BCUT2D eigenvalue weighted by Gasteiger charge is 2.11. The molecule has 0 aliphatic rings. The number of carbonyl (C=O) groups is 1. The van der Waals surface area contributed by atoms with Crippen molar-refractivity contribution >= 4 is 28.4 Å². The maximum absolute atomic E-state index is 12.4. The SMILES string of the molecule is CCCCCCCCCN(C)CCCCCCCCNC(=O)c1c[nH]c2cc(Cl)ccc12. The molecular formula is C27H44ClN3O. The summed E-state index contributed by atoms with van der Waals surface area (Å²) >= 11 is 6.01. The van der Waals surface area contributed by atoms with Crippen LogP contribution in [0.5, 0.6) is 0 Å². The zero-order valence-corrected chi connectivity index (χ0v) is 21.1. The monoisotopic (exact) mass is 461 g/mol. The van der Waals surface area contributed by atoms with Gasteiger partial charge in [-0.3, -0.25) is 4.79 Å². The molecule has 0 aliphatic heterocycles. The molecule has 0 saturated heterocycles. The largest absolute Gasteiger partial charge is 0.360 e. The van der Waals surface area contributed by atoms with Gasteiger partial charge in [0.25, 0.3) is 5.91 Å². The van der Waals surface area contributed by atoms with Crippen molar-refractivity contribution < 1.29 is 4.79 Å². The van der Waals surface area contributed by atoms with Crippen molar-refractivity contribution in [3.63, 3.8) is 0 Å². The predicted molar refractivity (Wildman–Crippen MR) is 139 cm³/mol. The summed E-state index contributed by atoms with van der Waals surface area (Å²) < 4.78 is 0. The normalized spacial score (nSPS) is 11.5. The summed E-state index contributed by atoms with van der Waals surface area (Å²) in [5.41, 5.74) is 1.59. The van der Waals surface area contributed by atoms with Gasteiger partial charge in [0.2, 0.25) is 0 Å². The molecule has 0 atom stereocenters. The first-order valence-corrected chi connectivity index (χ1v) is 13.2. The number of halogens is 1. The Bertz CT molecular complexity index is 773. The second-order valence-electron chi connectivity index (χ2n) is 9.19. The first-order chi connectivity index (χ1) is 15.6. The summed E-state index contributed by atoms with van der Waals surface area (Å²) in [6, 6.07) is 5.57. The van der Waals surface area contributed by atoms with E-state index in [1.54, 1.807) is 6.20 Å². The molecule has 4 nitrogen and oxygen atoms in total. The minimum absolute atomic E-state index is 0.0115. The Morgan fingerprint density at radius 1 is 0.906 bits per heavy atom. The molecule has 0 saturated carbocycles. The lowest BCUT2D eigenvalue weighted by Crippen LogP contribution is -2.24. The van der Waals surface area contributed by atoms with Crippen LogP contribution >= 0.6 is 11.6 Å². The third-order valence-corrected chi connectivity index (χ3v) is 6.52. The first kappa shape index (κ1) is 26.7. The number of nitrogens with one attached hydrogen (secondary N) is 2.